The summed E-state index contributed by atoms with van der Waals surface area (Å²) in [6.07, 6.45) is 2.53. The Morgan fingerprint density at radius 3 is 2.64 bits per heavy atom. The molecule has 0 spiro atoms. The predicted octanol–water partition coefficient (Wildman–Crippen LogP) is 0.306. The number of fused-ring (bicyclic) bond motifs is 1. The summed E-state index contributed by atoms with van der Waals surface area (Å²) >= 11 is 0. The number of carbonyl (C=O) groups is 2. The molecule has 3 amide bonds. The molecular weight excluding hydrogens is 331 g/mol. The van der Waals surface area contributed by atoms with E-state index < -0.39 is 11.9 Å². The van der Waals surface area contributed by atoms with E-state index in [1.807, 2.05) is 5.32 Å². The molecule has 25 heavy (non-hydrogen) atoms. The van der Waals surface area contributed by atoms with E-state index in [0.717, 1.165) is 0 Å². The van der Waals surface area contributed by atoms with E-state index in [1.54, 1.807) is 0 Å². The molecule has 9 nitrogen and oxygen atoms in total. The largest absolute Gasteiger partial charge is 0.351 e. The van der Waals surface area contributed by atoms with Crippen LogP contribution < -0.4 is 16.6 Å². The van der Waals surface area contributed by atoms with E-state index in [1.165, 1.54) is 46.0 Å². The number of nitrogens with one attached hydrogen (secondary N) is 1. The van der Waals surface area contributed by atoms with Crippen molar-refractivity contribution in [3.8, 4) is 5.69 Å². The minimum absolute atomic E-state index is 0.0304. The van der Waals surface area contributed by atoms with Gasteiger partial charge in [-0.1, -0.05) is 0 Å². The van der Waals surface area contributed by atoms with Gasteiger partial charge in [-0.2, -0.15) is 5.10 Å². The minimum atomic E-state index is -0.952. The molecule has 3 rings (SSSR count). The van der Waals surface area contributed by atoms with Crippen LogP contribution in [0.1, 0.15) is 6.42 Å². The van der Waals surface area contributed by atoms with Crippen LogP contribution in [-0.2, 0) is 11.3 Å². The van der Waals surface area contributed by atoms with Crippen molar-refractivity contribution in [1.82, 2.24) is 24.6 Å². The Labute approximate surface area is 139 Å². The first-order valence-electron chi connectivity index (χ1n) is 7.24. The molecule has 0 fully saturated rings. The molecule has 0 aliphatic heterocycles. The second-order valence-corrected chi connectivity index (χ2v) is 5.18. The van der Waals surface area contributed by atoms with Crippen LogP contribution in [0.25, 0.3) is 16.7 Å². The molecule has 2 heterocycles. The van der Waals surface area contributed by atoms with Crippen LogP contribution in [0, 0.1) is 5.82 Å². The highest BCUT2D eigenvalue weighted by atomic mass is 19.1. The number of hydrogen-bond acceptors (Lipinski definition) is 5. The molecule has 3 aromatic rings. The van der Waals surface area contributed by atoms with Crippen LogP contribution in [0.5, 0.6) is 0 Å². The zero-order valence-electron chi connectivity index (χ0n) is 12.8. The van der Waals surface area contributed by atoms with Crippen molar-refractivity contribution in [2.75, 3.05) is 0 Å². The number of benzene rings is 1. The molecule has 128 valence electrons. The fourth-order valence-electron chi connectivity index (χ4n) is 2.30. The maximum absolute atomic E-state index is 13.0. The molecule has 0 atom stereocenters. The lowest BCUT2D eigenvalue weighted by Gasteiger charge is -2.06. The molecule has 0 bridgehead atoms. The number of nitrogens with zero attached hydrogens (tertiary/aromatic N) is 4. The number of aromatic nitrogens is 4. The van der Waals surface area contributed by atoms with Crippen LogP contribution in [0.3, 0.4) is 0 Å². The standard InChI is InChI=1S/C15H13FN6O3/c16-9-1-3-10(4-2-9)22-13-11(7-19-22)14(24)21(8-18-13)6-5-12(23)20-15(17)25/h1-4,7-8H,5-6H2,(H3,17,20,23,25). The van der Waals surface area contributed by atoms with Gasteiger partial charge in [-0.15, -0.1) is 0 Å². The third-order valence-corrected chi connectivity index (χ3v) is 3.47. The fourth-order valence-corrected chi connectivity index (χ4v) is 2.30. The summed E-state index contributed by atoms with van der Waals surface area (Å²) in [5.74, 6) is -0.980. The number of amides is 3. The van der Waals surface area contributed by atoms with Crippen molar-refractivity contribution in [1.29, 1.82) is 0 Å². The van der Waals surface area contributed by atoms with Crippen LogP contribution >= 0.6 is 0 Å². The number of rotatable bonds is 4. The Morgan fingerprint density at radius 2 is 1.96 bits per heavy atom. The van der Waals surface area contributed by atoms with Gasteiger partial charge in [0.05, 0.1) is 18.2 Å². The fraction of sp³-hybridized carbons (Fsp3) is 0.133. The van der Waals surface area contributed by atoms with Gasteiger partial charge in [0.25, 0.3) is 5.56 Å². The van der Waals surface area contributed by atoms with Gasteiger partial charge in [0.15, 0.2) is 5.65 Å². The van der Waals surface area contributed by atoms with Crippen molar-refractivity contribution in [2.45, 2.75) is 13.0 Å². The molecule has 0 saturated heterocycles. The van der Waals surface area contributed by atoms with E-state index in [2.05, 4.69) is 10.1 Å². The zero-order chi connectivity index (χ0) is 18.0. The Kier molecular flexibility index (Phi) is 4.25. The Morgan fingerprint density at radius 1 is 1.24 bits per heavy atom. The quantitative estimate of drug-likeness (QED) is 0.704. The SMILES string of the molecule is NC(=O)NC(=O)CCn1cnc2c(cnn2-c2ccc(F)cc2)c1=O. The van der Waals surface area contributed by atoms with Crippen molar-refractivity contribution in [3.05, 3.63) is 53.0 Å². The number of primary amides is 1. The van der Waals surface area contributed by atoms with E-state index in [0.29, 0.717) is 11.3 Å². The topological polar surface area (TPSA) is 125 Å². The maximum Gasteiger partial charge on any atom is 0.318 e. The van der Waals surface area contributed by atoms with E-state index in [-0.39, 0.29) is 29.7 Å². The summed E-state index contributed by atoms with van der Waals surface area (Å²) in [5.41, 5.74) is 5.34. The van der Waals surface area contributed by atoms with Gasteiger partial charge in [-0.25, -0.2) is 18.9 Å². The van der Waals surface area contributed by atoms with Crippen LogP contribution in [0.15, 0.2) is 41.6 Å². The van der Waals surface area contributed by atoms with Crippen molar-refractivity contribution in [2.24, 2.45) is 5.73 Å². The molecule has 3 N–H and O–H groups in total. The number of aryl methyl sites for hydroxylation is 1. The molecule has 0 aliphatic carbocycles. The summed E-state index contributed by atoms with van der Waals surface area (Å²) in [5, 5.41) is 6.28. The predicted molar refractivity (Wildman–Crippen MR) is 85.4 cm³/mol. The van der Waals surface area contributed by atoms with E-state index in [9.17, 15) is 18.8 Å². The van der Waals surface area contributed by atoms with E-state index in [4.69, 9.17) is 5.73 Å². The third kappa shape index (κ3) is 3.37. The molecule has 10 heteroatoms. The monoisotopic (exact) mass is 344 g/mol. The minimum Gasteiger partial charge on any atom is -0.351 e. The number of hydrogen-bond donors (Lipinski definition) is 2. The number of urea groups is 1. The van der Waals surface area contributed by atoms with Gasteiger partial charge in [-0.05, 0) is 24.3 Å². The molecule has 1 aromatic carbocycles. The van der Waals surface area contributed by atoms with Gasteiger partial charge in [0, 0.05) is 13.0 Å². The lowest BCUT2D eigenvalue weighted by molar-refractivity contribution is -0.120. The number of carbonyl (C=O) groups excluding carboxylic acids is 2. The second kappa shape index (κ2) is 6.51. The first-order valence-corrected chi connectivity index (χ1v) is 7.24. The second-order valence-electron chi connectivity index (χ2n) is 5.18. The zero-order valence-corrected chi connectivity index (χ0v) is 12.8. The average Bonchev–Trinajstić information content (AvgIpc) is 2.99. The summed E-state index contributed by atoms with van der Waals surface area (Å²) < 4.78 is 15.7. The van der Waals surface area contributed by atoms with Crippen molar-refractivity contribution in [3.63, 3.8) is 0 Å². The van der Waals surface area contributed by atoms with E-state index >= 15 is 0 Å². The van der Waals surface area contributed by atoms with Gasteiger partial charge >= 0.3 is 6.03 Å². The molecule has 0 radical (unpaired) electrons. The first kappa shape index (κ1) is 16.3. The molecule has 0 saturated carbocycles. The molecular formula is C15H13FN6O3. The van der Waals surface area contributed by atoms with Crippen LogP contribution in [0.4, 0.5) is 9.18 Å². The van der Waals surface area contributed by atoms with Gasteiger partial charge in [-0.3, -0.25) is 19.5 Å². The lowest BCUT2D eigenvalue weighted by Crippen LogP contribution is -2.36. The van der Waals surface area contributed by atoms with Gasteiger partial charge < -0.3 is 5.73 Å². The van der Waals surface area contributed by atoms with Crippen molar-refractivity contribution < 1.29 is 14.0 Å². The van der Waals surface area contributed by atoms with Gasteiger partial charge in [0.1, 0.15) is 11.2 Å². The summed E-state index contributed by atoms with van der Waals surface area (Å²) in [4.78, 5) is 38.7. The molecule has 2 aromatic heterocycles. The Hall–Kier alpha value is -3.56. The Balaban J connectivity index is 1.89. The molecule has 0 aliphatic rings. The summed E-state index contributed by atoms with van der Waals surface area (Å²) in [7, 11) is 0. The summed E-state index contributed by atoms with van der Waals surface area (Å²) in [6.45, 7) is 0.0304. The van der Waals surface area contributed by atoms with Gasteiger partial charge in [0.2, 0.25) is 5.91 Å². The number of halogens is 1. The van der Waals surface area contributed by atoms with Crippen LogP contribution in [0.2, 0.25) is 0 Å². The third-order valence-electron chi connectivity index (χ3n) is 3.47. The number of imide groups is 1. The van der Waals surface area contributed by atoms with Crippen molar-refractivity contribution >= 4 is 23.0 Å². The lowest BCUT2D eigenvalue weighted by atomic mass is 10.3. The highest BCUT2D eigenvalue weighted by Gasteiger charge is 2.12. The number of nitrogens with two attached hydrogens (primary N) is 1. The first-order chi connectivity index (χ1) is 12.0. The highest BCUT2D eigenvalue weighted by molar-refractivity contribution is 5.93. The Bertz CT molecular complexity index is 1010. The maximum atomic E-state index is 13.0. The summed E-state index contributed by atoms with van der Waals surface area (Å²) in [6, 6.07) is 4.64. The van der Waals surface area contributed by atoms with Crippen LogP contribution in [-0.4, -0.2) is 31.3 Å². The highest BCUT2D eigenvalue weighted by Crippen LogP contribution is 2.14. The smallest absolute Gasteiger partial charge is 0.318 e. The normalized spacial score (nSPS) is 10.8. The molecule has 0 unspecified atom stereocenters. The average molecular weight is 344 g/mol.